The lowest BCUT2D eigenvalue weighted by atomic mass is 10.0. The Morgan fingerprint density at radius 3 is 2.79 bits per heavy atom. The Morgan fingerprint density at radius 1 is 1.71 bits per heavy atom. The van der Waals surface area contributed by atoms with Crippen LogP contribution in [0.2, 0.25) is 0 Å². The van der Waals surface area contributed by atoms with Crippen LogP contribution in [-0.2, 0) is 10.4 Å². The molecule has 0 aliphatic rings. The third-order valence-electron chi connectivity index (χ3n) is 1.93. The van der Waals surface area contributed by atoms with Crippen LogP contribution in [0.25, 0.3) is 0 Å². The highest BCUT2D eigenvalue weighted by atomic mass is 32.2. The van der Waals surface area contributed by atoms with Crippen LogP contribution in [0.3, 0.4) is 0 Å². The zero-order valence-electron chi connectivity index (χ0n) is 8.06. The second kappa shape index (κ2) is 4.77. The molecule has 14 heavy (non-hydrogen) atoms. The van der Waals surface area contributed by atoms with Crippen LogP contribution in [0.4, 0.5) is 0 Å². The number of thiophene rings is 1. The summed E-state index contributed by atoms with van der Waals surface area (Å²) in [5, 5.41) is 12.0. The van der Waals surface area contributed by atoms with Crippen molar-refractivity contribution in [3.63, 3.8) is 0 Å². The van der Waals surface area contributed by atoms with Crippen molar-refractivity contribution in [2.24, 2.45) is 0 Å². The van der Waals surface area contributed by atoms with Crippen molar-refractivity contribution >= 4 is 29.4 Å². The van der Waals surface area contributed by atoms with Crippen molar-refractivity contribution in [1.82, 2.24) is 0 Å². The smallest absolute Gasteiger partial charge is 0.185 e. The lowest BCUT2D eigenvalue weighted by molar-refractivity contribution is -0.120. The molecule has 1 N–H and O–H groups in total. The summed E-state index contributed by atoms with van der Waals surface area (Å²) in [5.41, 5.74) is -1.46. The zero-order chi connectivity index (χ0) is 10.6. The first-order valence-corrected chi connectivity index (χ1v) is 6.23. The molecule has 1 unspecified atom stereocenters. The van der Waals surface area contributed by atoms with Crippen LogP contribution < -0.4 is 0 Å². The van der Waals surface area contributed by atoms with E-state index >= 15 is 0 Å². The molecular weight excluding hydrogens is 216 g/mol. The highest BCUT2D eigenvalue weighted by Gasteiger charge is 2.33. The second-order valence-electron chi connectivity index (χ2n) is 2.72. The molecule has 4 heteroatoms. The number of rotatable bonds is 4. The van der Waals surface area contributed by atoms with Crippen molar-refractivity contribution in [3.05, 3.63) is 33.4 Å². The van der Waals surface area contributed by atoms with Crippen molar-refractivity contribution in [3.8, 4) is 0 Å². The number of thioether (sulfide) groups is 1. The summed E-state index contributed by atoms with van der Waals surface area (Å²) < 4.78 is 0. The Labute approximate surface area is 91.7 Å². The monoisotopic (exact) mass is 228 g/mol. The lowest BCUT2D eigenvalue weighted by Crippen LogP contribution is -2.27. The quantitative estimate of drug-likeness (QED) is 0.804. The van der Waals surface area contributed by atoms with Crippen LogP contribution in [0.5, 0.6) is 0 Å². The van der Waals surface area contributed by atoms with Gasteiger partial charge in [0.15, 0.2) is 11.9 Å². The molecular formula is C10H12O2S2. The summed E-state index contributed by atoms with van der Waals surface area (Å²) in [5.74, 6) is 0. The minimum absolute atomic E-state index is 0.588. The fourth-order valence-corrected chi connectivity index (χ4v) is 2.79. The maximum absolute atomic E-state index is 11.0. The normalized spacial score (nSPS) is 16.4. The van der Waals surface area contributed by atoms with Crippen LogP contribution >= 0.6 is 23.1 Å². The number of allylic oxidation sites excluding steroid dienone is 1. The molecule has 76 valence electrons. The molecule has 0 fully saturated rings. The van der Waals surface area contributed by atoms with E-state index in [4.69, 9.17) is 0 Å². The largest absolute Gasteiger partial charge is 0.372 e. The zero-order valence-corrected chi connectivity index (χ0v) is 9.69. The Morgan fingerprint density at radius 2 is 2.43 bits per heavy atom. The van der Waals surface area contributed by atoms with Gasteiger partial charge in [0, 0.05) is 9.78 Å². The van der Waals surface area contributed by atoms with E-state index in [1.807, 2.05) is 24.6 Å². The Kier molecular flexibility index (Phi) is 3.92. The van der Waals surface area contributed by atoms with E-state index < -0.39 is 5.60 Å². The molecule has 2 nitrogen and oxygen atoms in total. The number of carbonyl (C=O) groups excluding carboxylic acids is 1. The Hall–Kier alpha value is -0.580. The van der Waals surface area contributed by atoms with Gasteiger partial charge in [-0.25, -0.2) is 0 Å². The molecule has 0 radical (unpaired) electrons. The van der Waals surface area contributed by atoms with Crippen molar-refractivity contribution in [2.75, 3.05) is 6.26 Å². The Bertz CT molecular complexity index is 330. The van der Waals surface area contributed by atoms with Crippen LogP contribution in [0, 0.1) is 0 Å². The summed E-state index contributed by atoms with van der Waals surface area (Å²) >= 11 is 2.76. The molecule has 0 bridgehead atoms. The first-order chi connectivity index (χ1) is 6.69. The molecule has 0 aliphatic heterocycles. The van der Waals surface area contributed by atoms with Gasteiger partial charge in [0.2, 0.25) is 0 Å². The molecule has 0 spiro atoms. The predicted octanol–water partition coefficient (Wildman–Crippen LogP) is 2.40. The molecule has 0 saturated carbocycles. The van der Waals surface area contributed by atoms with Gasteiger partial charge in [0.05, 0.1) is 0 Å². The Balaban J connectivity index is 3.16. The highest BCUT2D eigenvalue weighted by Crippen LogP contribution is 2.36. The third-order valence-corrected chi connectivity index (χ3v) is 3.91. The lowest BCUT2D eigenvalue weighted by Gasteiger charge is -2.22. The molecule has 1 atom stereocenters. The van der Waals surface area contributed by atoms with Gasteiger partial charge in [-0.05, 0) is 24.6 Å². The van der Waals surface area contributed by atoms with Crippen LogP contribution in [-0.4, -0.2) is 17.6 Å². The fourth-order valence-electron chi connectivity index (χ4n) is 1.23. The maximum atomic E-state index is 11.0. The van der Waals surface area contributed by atoms with E-state index in [1.165, 1.54) is 23.1 Å². The number of aldehydes is 1. The minimum atomic E-state index is -1.46. The number of hydrogen-bond acceptors (Lipinski definition) is 4. The molecule has 0 aromatic carbocycles. The topological polar surface area (TPSA) is 37.3 Å². The van der Waals surface area contributed by atoms with E-state index in [0.717, 1.165) is 0 Å². The van der Waals surface area contributed by atoms with E-state index in [0.29, 0.717) is 16.1 Å². The average Bonchev–Trinajstić information content (AvgIpc) is 2.72. The number of aliphatic hydroxyl groups is 1. The molecule has 0 saturated heterocycles. The summed E-state index contributed by atoms with van der Waals surface area (Å²) in [6, 6.07) is 3.58. The second-order valence-corrected chi connectivity index (χ2v) is 4.51. The maximum Gasteiger partial charge on any atom is 0.185 e. The number of carbonyl (C=O) groups is 1. The molecule has 1 aromatic heterocycles. The summed E-state index contributed by atoms with van der Waals surface area (Å²) in [6.45, 7) is 1.81. The molecule has 0 amide bonds. The van der Waals surface area contributed by atoms with Gasteiger partial charge in [-0.1, -0.05) is 12.1 Å². The molecule has 1 rings (SSSR count). The van der Waals surface area contributed by atoms with Crippen LogP contribution in [0.15, 0.2) is 28.5 Å². The standard InChI is InChI=1S/C10H12O2S2/c1-3-8(13-2)10(12,7-11)9-5-4-6-14-9/h3-7,12H,1-2H3/b8-3-. The van der Waals surface area contributed by atoms with E-state index in [-0.39, 0.29) is 0 Å². The SMILES string of the molecule is C/C=C(\SC)C(O)(C=O)c1cccs1. The van der Waals surface area contributed by atoms with Gasteiger partial charge in [-0.2, -0.15) is 0 Å². The summed E-state index contributed by atoms with van der Waals surface area (Å²) in [4.78, 5) is 12.3. The van der Waals surface area contributed by atoms with Gasteiger partial charge in [-0.15, -0.1) is 23.1 Å². The highest BCUT2D eigenvalue weighted by molar-refractivity contribution is 8.02. The minimum Gasteiger partial charge on any atom is -0.372 e. The average molecular weight is 228 g/mol. The molecule has 1 aromatic rings. The van der Waals surface area contributed by atoms with E-state index in [2.05, 4.69) is 0 Å². The van der Waals surface area contributed by atoms with E-state index in [1.54, 1.807) is 12.1 Å². The first-order valence-electron chi connectivity index (χ1n) is 4.12. The van der Waals surface area contributed by atoms with Crippen molar-refractivity contribution in [2.45, 2.75) is 12.5 Å². The van der Waals surface area contributed by atoms with Gasteiger partial charge < -0.3 is 5.11 Å². The van der Waals surface area contributed by atoms with Gasteiger partial charge in [-0.3, -0.25) is 4.79 Å². The first kappa shape index (κ1) is 11.5. The third kappa shape index (κ3) is 1.92. The molecule has 1 heterocycles. The van der Waals surface area contributed by atoms with Gasteiger partial charge in [0.25, 0.3) is 0 Å². The van der Waals surface area contributed by atoms with Crippen molar-refractivity contribution in [1.29, 1.82) is 0 Å². The van der Waals surface area contributed by atoms with Gasteiger partial charge >= 0.3 is 0 Å². The van der Waals surface area contributed by atoms with Gasteiger partial charge in [0.1, 0.15) is 0 Å². The summed E-state index contributed by atoms with van der Waals surface area (Å²) in [7, 11) is 0. The summed E-state index contributed by atoms with van der Waals surface area (Å²) in [6.07, 6.45) is 4.20. The van der Waals surface area contributed by atoms with Crippen LogP contribution in [0.1, 0.15) is 11.8 Å². The number of hydrogen-bond donors (Lipinski definition) is 1. The predicted molar refractivity (Wildman–Crippen MR) is 61.6 cm³/mol. The molecule has 0 aliphatic carbocycles. The van der Waals surface area contributed by atoms with E-state index in [9.17, 15) is 9.90 Å². The van der Waals surface area contributed by atoms with Crippen molar-refractivity contribution < 1.29 is 9.90 Å². The fraction of sp³-hybridized carbons (Fsp3) is 0.300.